The van der Waals surface area contributed by atoms with Gasteiger partial charge in [0.1, 0.15) is 0 Å². The number of benzene rings is 2. The first-order valence-electron chi connectivity index (χ1n) is 8.08. The lowest BCUT2D eigenvalue weighted by atomic mass is 10.1. The lowest BCUT2D eigenvalue weighted by Crippen LogP contribution is -2.15. The van der Waals surface area contributed by atoms with Gasteiger partial charge in [0.15, 0.2) is 0 Å². The molecule has 0 bridgehead atoms. The number of halogens is 1. The third-order valence-corrected chi connectivity index (χ3v) is 5.37. The Balaban J connectivity index is 1.68. The average Bonchev–Trinajstić information content (AvgIpc) is 3.10. The fourth-order valence-corrected chi connectivity index (χ4v) is 3.65. The van der Waals surface area contributed by atoms with Crippen LogP contribution in [0, 0.1) is 24.0 Å². The van der Waals surface area contributed by atoms with E-state index in [9.17, 15) is 14.9 Å². The molecular weight excluding hydrogens is 448 g/mol. The number of rotatable bonds is 6. The molecule has 1 heterocycles. The number of non-ortho nitro benzene ring substituents is 1. The minimum absolute atomic E-state index is 0.0631. The Kier molecular flexibility index (Phi) is 6.05. The standard InChI is InChI=1S/C17H15BrN6O3S/c1-10-3-6-15(11(2)7-10)23-17(20-21-22-23)28-9-16(25)19-14-5-4-12(24(26)27)8-13(14)18/h3-8H,9H2,1-2H3,(H,19,25). The summed E-state index contributed by atoms with van der Waals surface area (Å²) in [4.78, 5) is 22.6. The van der Waals surface area contributed by atoms with Crippen LogP contribution < -0.4 is 5.32 Å². The summed E-state index contributed by atoms with van der Waals surface area (Å²) in [5, 5.41) is 25.7. The van der Waals surface area contributed by atoms with Crippen molar-refractivity contribution >= 4 is 45.0 Å². The third-order valence-electron chi connectivity index (χ3n) is 3.79. The van der Waals surface area contributed by atoms with Gasteiger partial charge in [0.25, 0.3) is 5.69 Å². The number of tetrazole rings is 1. The van der Waals surface area contributed by atoms with Gasteiger partial charge in [-0.05, 0) is 57.9 Å². The van der Waals surface area contributed by atoms with Gasteiger partial charge in [-0.3, -0.25) is 14.9 Å². The van der Waals surface area contributed by atoms with E-state index in [0.717, 1.165) is 16.8 Å². The van der Waals surface area contributed by atoms with Crippen molar-refractivity contribution in [2.45, 2.75) is 19.0 Å². The molecule has 0 aliphatic rings. The quantitative estimate of drug-likeness (QED) is 0.337. The first-order valence-corrected chi connectivity index (χ1v) is 9.85. The average molecular weight is 463 g/mol. The number of nitro groups is 1. The SMILES string of the molecule is Cc1ccc(-n2nnnc2SCC(=O)Nc2ccc([N+](=O)[O-])cc2Br)c(C)c1. The van der Waals surface area contributed by atoms with E-state index in [1.807, 2.05) is 32.0 Å². The molecule has 144 valence electrons. The lowest BCUT2D eigenvalue weighted by Gasteiger charge is -2.09. The van der Waals surface area contributed by atoms with Crippen molar-refractivity contribution < 1.29 is 9.72 Å². The third kappa shape index (κ3) is 4.54. The molecule has 1 aromatic heterocycles. The van der Waals surface area contributed by atoms with E-state index in [2.05, 4.69) is 36.8 Å². The first kappa shape index (κ1) is 20.0. The number of amides is 1. The fourth-order valence-electron chi connectivity index (χ4n) is 2.50. The van der Waals surface area contributed by atoms with E-state index in [4.69, 9.17) is 0 Å². The van der Waals surface area contributed by atoms with Gasteiger partial charge >= 0.3 is 0 Å². The van der Waals surface area contributed by atoms with E-state index >= 15 is 0 Å². The van der Waals surface area contributed by atoms with Crippen LogP contribution in [0.1, 0.15) is 11.1 Å². The largest absolute Gasteiger partial charge is 0.324 e. The second kappa shape index (κ2) is 8.48. The van der Waals surface area contributed by atoms with E-state index in [1.165, 1.54) is 30.0 Å². The second-order valence-corrected chi connectivity index (χ2v) is 7.72. The van der Waals surface area contributed by atoms with Crippen molar-refractivity contribution in [3.63, 3.8) is 0 Å². The molecular formula is C17H15BrN6O3S. The predicted molar refractivity (Wildman–Crippen MR) is 109 cm³/mol. The minimum Gasteiger partial charge on any atom is -0.324 e. The molecule has 3 aromatic rings. The highest BCUT2D eigenvalue weighted by molar-refractivity contribution is 9.10. The molecule has 2 aromatic carbocycles. The summed E-state index contributed by atoms with van der Waals surface area (Å²) < 4.78 is 2.02. The van der Waals surface area contributed by atoms with Crippen LogP contribution in [0.2, 0.25) is 0 Å². The van der Waals surface area contributed by atoms with E-state index in [1.54, 1.807) is 4.68 Å². The number of anilines is 1. The summed E-state index contributed by atoms with van der Waals surface area (Å²) in [7, 11) is 0. The Labute approximate surface area is 172 Å². The number of nitrogens with one attached hydrogen (secondary N) is 1. The Hall–Kier alpha value is -2.79. The number of carbonyl (C=O) groups excluding carboxylic acids is 1. The molecule has 1 N–H and O–H groups in total. The number of aromatic nitrogens is 4. The van der Waals surface area contributed by atoms with Gasteiger partial charge in [-0.1, -0.05) is 29.5 Å². The molecule has 0 fully saturated rings. The van der Waals surface area contributed by atoms with Crippen LogP contribution in [0.25, 0.3) is 5.69 Å². The summed E-state index contributed by atoms with van der Waals surface area (Å²) in [5.74, 6) is -0.205. The van der Waals surface area contributed by atoms with Gasteiger partial charge in [-0.15, -0.1) is 5.10 Å². The van der Waals surface area contributed by atoms with Crippen LogP contribution in [0.4, 0.5) is 11.4 Å². The highest BCUT2D eigenvalue weighted by Gasteiger charge is 2.15. The molecule has 0 radical (unpaired) electrons. The number of thioether (sulfide) groups is 1. The summed E-state index contributed by atoms with van der Waals surface area (Å²) >= 11 is 4.42. The maximum Gasteiger partial charge on any atom is 0.270 e. The second-order valence-electron chi connectivity index (χ2n) is 5.92. The van der Waals surface area contributed by atoms with Crippen LogP contribution in [-0.2, 0) is 4.79 Å². The van der Waals surface area contributed by atoms with Crippen LogP contribution in [0.15, 0.2) is 46.0 Å². The fraction of sp³-hybridized carbons (Fsp3) is 0.176. The lowest BCUT2D eigenvalue weighted by molar-refractivity contribution is -0.384. The van der Waals surface area contributed by atoms with E-state index < -0.39 is 4.92 Å². The molecule has 0 aliphatic carbocycles. The van der Waals surface area contributed by atoms with Gasteiger partial charge in [0.2, 0.25) is 11.1 Å². The number of hydrogen-bond donors (Lipinski definition) is 1. The number of nitrogens with zero attached hydrogens (tertiary/aromatic N) is 5. The van der Waals surface area contributed by atoms with Crippen molar-refractivity contribution in [2.24, 2.45) is 0 Å². The highest BCUT2D eigenvalue weighted by Crippen LogP contribution is 2.27. The van der Waals surface area contributed by atoms with Crippen LogP contribution >= 0.6 is 27.7 Å². The van der Waals surface area contributed by atoms with Crippen molar-refractivity contribution in [3.8, 4) is 5.69 Å². The summed E-state index contributed by atoms with van der Waals surface area (Å²) in [6, 6.07) is 10.1. The molecule has 1 amide bonds. The number of hydrogen-bond acceptors (Lipinski definition) is 7. The molecule has 3 rings (SSSR count). The number of nitro benzene ring substituents is 1. The molecule has 0 unspecified atom stereocenters. The predicted octanol–water partition coefficient (Wildman–Crippen LogP) is 3.68. The smallest absolute Gasteiger partial charge is 0.270 e. The van der Waals surface area contributed by atoms with Gasteiger partial charge in [-0.25, -0.2) is 0 Å². The van der Waals surface area contributed by atoms with Gasteiger partial charge in [0.05, 0.1) is 22.1 Å². The first-order chi connectivity index (χ1) is 13.3. The van der Waals surface area contributed by atoms with Crippen molar-refractivity contribution in [3.05, 3.63) is 62.1 Å². The van der Waals surface area contributed by atoms with Gasteiger partial charge < -0.3 is 5.32 Å². The maximum absolute atomic E-state index is 12.3. The molecule has 0 atom stereocenters. The Bertz CT molecular complexity index is 1060. The topological polar surface area (TPSA) is 116 Å². The summed E-state index contributed by atoms with van der Waals surface area (Å²) in [6.45, 7) is 3.98. The Morgan fingerprint density at radius 3 is 2.75 bits per heavy atom. The monoisotopic (exact) mass is 462 g/mol. The van der Waals surface area contributed by atoms with Crippen molar-refractivity contribution in [2.75, 3.05) is 11.1 Å². The number of aryl methyl sites for hydroxylation is 2. The molecule has 28 heavy (non-hydrogen) atoms. The summed E-state index contributed by atoms with van der Waals surface area (Å²) in [5.41, 5.74) is 3.39. The zero-order valence-electron chi connectivity index (χ0n) is 14.9. The zero-order chi connectivity index (χ0) is 20.3. The number of carbonyl (C=O) groups is 1. The zero-order valence-corrected chi connectivity index (χ0v) is 17.3. The highest BCUT2D eigenvalue weighted by atomic mass is 79.9. The van der Waals surface area contributed by atoms with Crippen molar-refractivity contribution in [1.29, 1.82) is 0 Å². The normalized spacial score (nSPS) is 10.7. The molecule has 11 heteroatoms. The summed E-state index contributed by atoms with van der Waals surface area (Å²) in [6.07, 6.45) is 0. The molecule has 0 saturated carbocycles. The van der Waals surface area contributed by atoms with Crippen molar-refractivity contribution in [1.82, 2.24) is 20.2 Å². The van der Waals surface area contributed by atoms with Gasteiger partial charge in [0, 0.05) is 16.6 Å². The minimum atomic E-state index is -0.501. The van der Waals surface area contributed by atoms with Gasteiger partial charge in [-0.2, -0.15) is 4.68 Å². The van der Waals surface area contributed by atoms with E-state index in [0.29, 0.717) is 15.3 Å². The molecule has 0 aliphatic heterocycles. The van der Waals surface area contributed by atoms with E-state index in [-0.39, 0.29) is 17.3 Å². The Morgan fingerprint density at radius 2 is 2.07 bits per heavy atom. The van der Waals surface area contributed by atoms with Crippen LogP contribution in [0.3, 0.4) is 0 Å². The Morgan fingerprint density at radius 1 is 1.29 bits per heavy atom. The van der Waals surface area contributed by atoms with Crippen LogP contribution in [-0.4, -0.2) is 36.8 Å². The molecule has 0 saturated heterocycles. The maximum atomic E-state index is 12.3. The molecule has 9 nitrogen and oxygen atoms in total. The molecule has 0 spiro atoms. The van der Waals surface area contributed by atoms with Crippen LogP contribution in [0.5, 0.6) is 0 Å².